The number of aliphatic hydroxyl groups is 1. The topological polar surface area (TPSA) is 35.5 Å². The minimum absolute atomic E-state index is 0.0435. The van der Waals surface area contributed by atoms with Crippen molar-refractivity contribution in [2.24, 2.45) is 5.41 Å². The molecule has 0 saturated carbocycles. The van der Waals surface area contributed by atoms with Crippen LogP contribution in [0, 0.1) is 5.41 Å². The summed E-state index contributed by atoms with van der Waals surface area (Å²) in [7, 11) is 0. The van der Waals surface area contributed by atoms with Gasteiger partial charge in [0.1, 0.15) is 0 Å². The standard InChI is InChI=1S/C13H30N2O/c1-5-9-15(7-3)10-8-14-11-13(4,6-2)12-16/h14,16H,5-12H2,1-4H3. The fourth-order valence-electron chi connectivity index (χ4n) is 1.66. The average Bonchev–Trinajstić information content (AvgIpc) is 2.32. The first-order valence-corrected chi connectivity index (χ1v) is 6.65. The molecule has 0 bridgehead atoms. The van der Waals surface area contributed by atoms with Gasteiger partial charge in [-0.2, -0.15) is 0 Å². The van der Waals surface area contributed by atoms with Crippen LogP contribution in [0.2, 0.25) is 0 Å². The van der Waals surface area contributed by atoms with Crippen LogP contribution in [-0.4, -0.2) is 49.3 Å². The summed E-state index contributed by atoms with van der Waals surface area (Å²) in [6, 6.07) is 0. The van der Waals surface area contributed by atoms with Crippen molar-refractivity contribution >= 4 is 0 Å². The molecule has 2 N–H and O–H groups in total. The molecule has 0 aliphatic rings. The lowest BCUT2D eigenvalue weighted by atomic mass is 9.89. The molecule has 0 heterocycles. The van der Waals surface area contributed by atoms with Gasteiger partial charge in [-0.3, -0.25) is 0 Å². The van der Waals surface area contributed by atoms with Crippen LogP contribution < -0.4 is 5.32 Å². The second-order valence-corrected chi connectivity index (χ2v) is 4.93. The number of aliphatic hydroxyl groups excluding tert-OH is 1. The Morgan fingerprint density at radius 2 is 1.88 bits per heavy atom. The third-order valence-corrected chi connectivity index (χ3v) is 3.38. The van der Waals surface area contributed by atoms with Crippen LogP contribution in [0.3, 0.4) is 0 Å². The van der Waals surface area contributed by atoms with Crippen LogP contribution in [0.15, 0.2) is 0 Å². The van der Waals surface area contributed by atoms with Crippen molar-refractivity contribution in [3.05, 3.63) is 0 Å². The van der Waals surface area contributed by atoms with Crippen molar-refractivity contribution in [1.82, 2.24) is 10.2 Å². The molecular formula is C13H30N2O. The maximum Gasteiger partial charge on any atom is 0.0496 e. The highest BCUT2D eigenvalue weighted by Gasteiger charge is 2.19. The van der Waals surface area contributed by atoms with Crippen molar-refractivity contribution in [3.63, 3.8) is 0 Å². The van der Waals surface area contributed by atoms with Crippen LogP contribution in [0.25, 0.3) is 0 Å². The highest BCUT2D eigenvalue weighted by molar-refractivity contribution is 4.74. The lowest BCUT2D eigenvalue weighted by Gasteiger charge is -2.27. The number of nitrogens with one attached hydrogen (secondary N) is 1. The number of hydrogen-bond acceptors (Lipinski definition) is 3. The Balaban J connectivity index is 3.65. The van der Waals surface area contributed by atoms with Crippen LogP contribution in [0.5, 0.6) is 0 Å². The van der Waals surface area contributed by atoms with Gasteiger partial charge in [-0.15, -0.1) is 0 Å². The normalized spacial score (nSPS) is 15.4. The summed E-state index contributed by atoms with van der Waals surface area (Å²) in [6.07, 6.45) is 2.24. The van der Waals surface area contributed by atoms with Gasteiger partial charge >= 0.3 is 0 Å². The van der Waals surface area contributed by atoms with E-state index in [2.05, 4.69) is 37.9 Å². The maximum absolute atomic E-state index is 9.27. The zero-order valence-electron chi connectivity index (χ0n) is 11.6. The molecule has 0 amide bonds. The van der Waals surface area contributed by atoms with Gasteiger partial charge in [0.05, 0.1) is 0 Å². The molecule has 0 spiro atoms. The predicted molar refractivity (Wildman–Crippen MR) is 70.8 cm³/mol. The highest BCUT2D eigenvalue weighted by atomic mass is 16.3. The summed E-state index contributed by atoms with van der Waals surface area (Å²) < 4.78 is 0. The van der Waals surface area contributed by atoms with Crippen molar-refractivity contribution < 1.29 is 5.11 Å². The van der Waals surface area contributed by atoms with Crippen LogP contribution in [-0.2, 0) is 0 Å². The number of likely N-dealkylation sites (N-methyl/N-ethyl adjacent to an activating group) is 1. The first kappa shape index (κ1) is 15.9. The summed E-state index contributed by atoms with van der Waals surface area (Å²) in [6.45, 7) is 14.3. The molecule has 1 atom stereocenters. The van der Waals surface area contributed by atoms with Crippen molar-refractivity contribution in [2.45, 2.75) is 40.5 Å². The van der Waals surface area contributed by atoms with E-state index in [-0.39, 0.29) is 12.0 Å². The van der Waals surface area contributed by atoms with Gasteiger partial charge in [0.2, 0.25) is 0 Å². The van der Waals surface area contributed by atoms with E-state index in [1.165, 1.54) is 13.0 Å². The van der Waals surface area contributed by atoms with Crippen LogP contribution in [0.1, 0.15) is 40.5 Å². The quantitative estimate of drug-likeness (QED) is 0.561. The fourth-order valence-corrected chi connectivity index (χ4v) is 1.66. The third kappa shape index (κ3) is 6.46. The van der Waals surface area contributed by atoms with E-state index in [4.69, 9.17) is 0 Å². The minimum atomic E-state index is 0.0435. The molecule has 0 saturated heterocycles. The van der Waals surface area contributed by atoms with E-state index in [0.717, 1.165) is 32.6 Å². The molecule has 0 aromatic carbocycles. The Kier molecular flexibility index (Phi) is 8.90. The SMILES string of the molecule is CCCN(CC)CCNCC(C)(CC)CO. The molecular weight excluding hydrogens is 200 g/mol. The second-order valence-electron chi connectivity index (χ2n) is 4.93. The summed E-state index contributed by atoms with van der Waals surface area (Å²) in [4.78, 5) is 2.45. The Bertz CT molecular complexity index is 158. The lowest BCUT2D eigenvalue weighted by Crippen LogP contribution is -2.39. The molecule has 0 aromatic heterocycles. The van der Waals surface area contributed by atoms with Crippen molar-refractivity contribution in [2.75, 3.05) is 39.3 Å². The van der Waals surface area contributed by atoms with Crippen LogP contribution in [0.4, 0.5) is 0 Å². The molecule has 16 heavy (non-hydrogen) atoms. The van der Waals surface area contributed by atoms with E-state index in [1.54, 1.807) is 0 Å². The van der Waals surface area contributed by atoms with Gasteiger partial charge in [0.25, 0.3) is 0 Å². The summed E-state index contributed by atoms with van der Waals surface area (Å²) >= 11 is 0. The summed E-state index contributed by atoms with van der Waals surface area (Å²) in [5, 5.41) is 12.7. The molecule has 0 aliphatic carbocycles. The van der Waals surface area contributed by atoms with E-state index < -0.39 is 0 Å². The minimum Gasteiger partial charge on any atom is -0.396 e. The first-order chi connectivity index (χ1) is 7.61. The highest BCUT2D eigenvalue weighted by Crippen LogP contribution is 2.17. The zero-order chi connectivity index (χ0) is 12.4. The van der Waals surface area contributed by atoms with Gasteiger partial charge in [-0.05, 0) is 25.9 Å². The van der Waals surface area contributed by atoms with E-state index in [9.17, 15) is 5.11 Å². The maximum atomic E-state index is 9.27. The van der Waals surface area contributed by atoms with Gasteiger partial charge < -0.3 is 15.3 Å². The average molecular weight is 230 g/mol. The predicted octanol–water partition coefficient (Wildman–Crippen LogP) is 1.72. The second kappa shape index (κ2) is 8.97. The lowest BCUT2D eigenvalue weighted by molar-refractivity contribution is 0.134. The van der Waals surface area contributed by atoms with Crippen LogP contribution >= 0.6 is 0 Å². The zero-order valence-corrected chi connectivity index (χ0v) is 11.6. The number of rotatable bonds is 10. The fraction of sp³-hybridized carbons (Fsp3) is 1.00. The molecule has 0 radical (unpaired) electrons. The van der Waals surface area contributed by atoms with Gasteiger partial charge in [0, 0.05) is 31.7 Å². The van der Waals surface area contributed by atoms with E-state index >= 15 is 0 Å². The Morgan fingerprint density at radius 3 is 2.31 bits per heavy atom. The smallest absolute Gasteiger partial charge is 0.0496 e. The molecule has 0 rings (SSSR count). The van der Waals surface area contributed by atoms with Crippen molar-refractivity contribution in [1.29, 1.82) is 0 Å². The van der Waals surface area contributed by atoms with Crippen molar-refractivity contribution in [3.8, 4) is 0 Å². The molecule has 98 valence electrons. The largest absolute Gasteiger partial charge is 0.396 e. The monoisotopic (exact) mass is 230 g/mol. The number of hydrogen-bond donors (Lipinski definition) is 2. The summed E-state index contributed by atoms with van der Waals surface area (Å²) in [5.74, 6) is 0. The van der Waals surface area contributed by atoms with Gasteiger partial charge in [0.15, 0.2) is 0 Å². The molecule has 3 heteroatoms. The Morgan fingerprint density at radius 1 is 1.19 bits per heavy atom. The Labute approximate surface area is 101 Å². The van der Waals surface area contributed by atoms with E-state index in [0.29, 0.717) is 0 Å². The van der Waals surface area contributed by atoms with E-state index in [1.807, 2.05) is 0 Å². The van der Waals surface area contributed by atoms with Gasteiger partial charge in [-0.1, -0.05) is 27.7 Å². The first-order valence-electron chi connectivity index (χ1n) is 6.65. The molecule has 1 unspecified atom stereocenters. The molecule has 3 nitrogen and oxygen atoms in total. The van der Waals surface area contributed by atoms with Gasteiger partial charge in [-0.25, -0.2) is 0 Å². The summed E-state index contributed by atoms with van der Waals surface area (Å²) in [5.41, 5.74) is 0.0435. The third-order valence-electron chi connectivity index (χ3n) is 3.38. The number of nitrogens with zero attached hydrogens (tertiary/aromatic N) is 1. The molecule has 0 aromatic rings. The molecule has 0 fully saturated rings. The Hall–Kier alpha value is -0.120. The molecule has 0 aliphatic heterocycles.